The summed E-state index contributed by atoms with van der Waals surface area (Å²) < 4.78 is 1.42. The number of benzene rings is 1. The minimum atomic E-state index is -0.392. The van der Waals surface area contributed by atoms with E-state index in [2.05, 4.69) is 5.16 Å². The van der Waals surface area contributed by atoms with E-state index in [1.54, 1.807) is 31.3 Å². The molecule has 0 saturated heterocycles. The minimum Gasteiger partial charge on any atom is -0.506 e. The molecule has 2 rings (SSSR count). The fourth-order valence-electron chi connectivity index (χ4n) is 1.86. The Hall–Kier alpha value is -2.30. The van der Waals surface area contributed by atoms with Crippen LogP contribution < -0.4 is 5.56 Å². The third-order valence-electron chi connectivity index (χ3n) is 2.79. The van der Waals surface area contributed by atoms with Gasteiger partial charge in [0.25, 0.3) is 5.56 Å². The number of fused-ring (bicyclic) bond motifs is 1. The minimum absolute atomic E-state index is 0.0219. The van der Waals surface area contributed by atoms with Crippen LogP contribution in [0, 0.1) is 0 Å². The first-order valence-electron chi connectivity index (χ1n) is 5.07. The highest BCUT2D eigenvalue weighted by molar-refractivity contribution is 6.04. The molecule has 0 bridgehead atoms. The number of aromatic nitrogens is 1. The summed E-state index contributed by atoms with van der Waals surface area (Å²) in [6.07, 6.45) is 0. The molecule has 0 unspecified atom stereocenters. The van der Waals surface area contributed by atoms with Gasteiger partial charge in [-0.1, -0.05) is 17.3 Å². The molecule has 1 aromatic carbocycles. The smallest absolute Gasteiger partial charge is 0.263 e. The second-order valence-corrected chi connectivity index (χ2v) is 3.79. The second-order valence-electron chi connectivity index (χ2n) is 3.79. The van der Waals surface area contributed by atoms with Gasteiger partial charge in [0.05, 0.1) is 11.2 Å². The molecule has 0 saturated carbocycles. The summed E-state index contributed by atoms with van der Waals surface area (Å²) in [6.45, 7) is 1.46. The van der Waals surface area contributed by atoms with E-state index in [1.807, 2.05) is 0 Å². The molecule has 17 heavy (non-hydrogen) atoms. The monoisotopic (exact) mass is 232 g/mol. The summed E-state index contributed by atoms with van der Waals surface area (Å²) in [5.74, 6) is -0.154. The Labute approximate surface area is 97.2 Å². The maximum atomic E-state index is 12.0. The molecular weight excluding hydrogens is 220 g/mol. The second kappa shape index (κ2) is 3.93. The first kappa shape index (κ1) is 11.2. The number of nitrogens with zero attached hydrogens (tertiary/aromatic N) is 2. The van der Waals surface area contributed by atoms with E-state index in [1.165, 1.54) is 11.5 Å². The number of aryl methyl sites for hydroxylation is 1. The molecule has 88 valence electrons. The number of rotatable bonds is 1. The molecule has 0 aliphatic heterocycles. The summed E-state index contributed by atoms with van der Waals surface area (Å²) in [6, 6.07) is 7.00. The van der Waals surface area contributed by atoms with Crippen molar-refractivity contribution >= 4 is 16.6 Å². The van der Waals surface area contributed by atoms with Crippen LogP contribution in [0.25, 0.3) is 10.9 Å². The van der Waals surface area contributed by atoms with Crippen molar-refractivity contribution in [1.29, 1.82) is 0 Å². The van der Waals surface area contributed by atoms with Gasteiger partial charge in [-0.2, -0.15) is 0 Å². The van der Waals surface area contributed by atoms with E-state index in [9.17, 15) is 9.90 Å². The van der Waals surface area contributed by atoms with Gasteiger partial charge < -0.3 is 14.9 Å². The predicted octanol–water partition coefficient (Wildman–Crippen LogP) is 1.44. The van der Waals surface area contributed by atoms with Crippen molar-refractivity contribution in [1.82, 2.24) is 4.57 Å². The van der Waals surface area contributed by atoms with E-state index in [-0.39, 0.29) is 17.0 Å². The molecule has 0 fully saturated rings. The van der Waals surface area contributed by atoms with Crippen LogP contribution in [0.2, 0.25) is 0 Å². The van der Waals surface area contributed by atoms with Crippen LogP contribution in [0.5, 0.6) is 5.75 Å². The SMILES string of the molecule is C/C(=N\O)c1c(O)c2ccccc2n(C)c1=O. The molecular formula is C12H12N2O3. The topological polar surface area (TPSA) is 74.8 Å². The highest BCUT2D eigenvalue weighted by Gasteiger charge is 2.16. The highest BCUT2D eigenvalue weighted by atomic mass is 16.4. The molecule has 0 amide bonds. The van der Waals surface area contributed by atoms with Crippen LogP contribution in [-0.4, -0.2) is 20.6 Å². The maximum absolute atomic E-state index is 12.0. The first-order valence-corrected chi connectivity index (χ1v) is 5.07. The van der Waals surface area contributed by atoms with Gasteiger partial charge in [-0.05, 0) is 19.1 Å². The van der Waals surface area contributed by atoms with Gasteiger partial charge in [-0.3, -0.25) is 4.79 Å². The van der Waals surface area contributed by atoms with Gasteiger partial charge in [0.2, 0.25) is 0 Å². The third kappa shape index (κ3) is 1.56. The van der Waals surface area contributed by atoms with E-state index in [0.29, 0.717) is 10.9 Å². The zero-order valence-corrected chi connectivity index (χ0v) is 9.51. The van der Waals surface area contributed by atoms with Crippen LogP contribution in [0.1, 0.15) is 12.5 Å². The van der Waals surface area contributed by atoms with Crippen LogP contribution in [0.3, 0.4) is 0 Å². The molecule has 2 aromatic rings. The molecule has 0 aliphatic carbocycles. The number of hydrogen-bond donors (Lipinski definition) is 2. The molecule has 1 aromatic heterocycles. The fraction of sp³-hybridized carbons (Fsp3) is 0.167. The van der Waals surface area contributed by atoms with Gasteiger partial charge in [-0.15, -0.1) is 0 Å². The van der Waals surface area contributed by atoms with Crippen LogP contribution in [-0.2, 0) is 7.05 Å². The van der Waals surface area contributed by atoms with Gasteiger partial charge in [0, 0.05) is 12.4 Å². The Morgan fingerprint density at radius 3 is 2.65 bits per heavy atom. The normalized spacial score (nSPS) is 12.0. The average molecular weight is 232 g/mol. The predicted molar refractivity (Wildman–Crippen MR) is 64.9 cm³/mol. The van der Waals surface area contributed by atoms with Crippen molar-refractivity contribution in [3.8, 4) is 5.75 Å². The molecule has 1 heterocycles. The Morgan fingerprint density at radius 2 is 2.00 bits per heavy atom. The zero-order chi connectivity index (χ0) is 12.6. The molecule has 2 N–H and O–H groups in total. The van der Waals surface area contributed by atoms with Gasteiger partial charge in [-0.25, -0.2) is 0 Å². The lowest BCUT2D eigenvalue weighted by atomic mass is 10.1. The van der Waals surface area contributed by atoms with Gasteiger partial charge >= 0.3 is 0 Å². The first-order chi connectivity index (χ1) is 8.07. The Morgan fingerprint density at radius 1 is 1.35 bits per heavy atom. The van der Waals surface area contributed by atoms with Crippen molar-refractivity contribution in [2.45, 2.75) is 6.92 Å². The Balaban J connectivity index is 3.02. The Bertz CT molecular complexity index is 671. The largest absolute Gasteiger partial charge is 0.506 e. The van der Waals surface area contributed by atoms with Crippen molar-refractivity contribution in [3.05, 3.63) is 40.2 Å². The van der Waals surface area contributed by atoms with Crippen molar-refractivity contribution in [2.24, 2.45) is 12.2 Å². The molecule has 0 radical (unpaired) electrons. The van der Waals surface area contributed by atoms with E-state index < -0.39 is 5.56 Å². The number of oxime groups is 1. The van der Waals surface area contributed by atoms with Crippen molar-refractivity contribution < 1.29 is 10.3 Å². The molecule has 5 nitrogen and oxygen atoms in total. The lowest BCUT2D eigenvalue weighted by molar-refractivity contribution is 0.318. The maximum Gasteiger partial charge on any atom is 0.263 e. The van der Waals surface area contributed by atoms with E-state index in [4.69, 9.17) is 5.21 Å². The van der Waals surface area contributed by atoms with Crippen LogP contribution in [0.4, 0.5) is 0 Å². The summed E-state index contributed by atoms with van der Waals surface area (Å²) >= 11 is 0. The molecule has 0 atom stereocenters. The van der Waals surface area contributed by atoms with Gasteiger partial charge in [0.1, 0.15) is 11.3 Å². The molecule has 0 aliphatic rings. The zero-order valence-electron chi connectivity index (χ0n) is 9.51. The molecule has 0 spiro atoms. The fourth-order valence-corrected chi connectivity index (χ4v) is 1.86. The highest BCUT2D eigenvalue weighted by Crippen LogP contribution is 2.25. The molecule has 5 heteroatoms. The quantitative estimate of drug-likeness (QED) is 0.444. The number of para-hydroxylation sites is 1. The summed E-state index contributed by atoms with van der Waals surface area (Å²) in [5.41, 5.74) is 0.351. The number of aromatic hydroxyl groups is 1. The Kier molecular flexibility index (Phi) is 2.59. The lowest BCUT2D eigenvalue weighted by Crippen LogP contribution is -2.24. The van der Waals surface area contributed by atoms with Crippen molar-refractivity contribution in [3.63, 3.8) is 0 Å². The van der Waals surface area contributed by atoms with Crippen LogP contribution >= 0.6 is 0 Å². The van der Waals surface area contributed by atoms with Crippen molar-refractivity contribution in [2.75, 3.05) is 0 Å². The number of hydrogen-bond acceptors (Lipinski definition) is 4. The van der Waals surface area contributed by atoms with Crippen LogP contribution in [0.15, 0.2) is 34.2 Å². The standard InChI is InChI=1S/C12H12N2O3/c1-7(13-17)10-11(15)8-5-3-4-6-9(8)14(2)12(10)16/h3-6,15,17H,1-2H3/b13-7+. The van der Waals surface area contributed by atoms with Gasteiger partial charge in [0.15, 0.2) is 0 Å². The van der Waals surface area contributed by atoms with E-state index >= 15 is 0 Å². The summed E-state index contributed by atoms with van der Waals surface area (Å²) in [7, 11) is 1.61. The summed E-state index contributed by atoms with van der Waals surface area (Å²) in [4.78, 5) is 12.0. The van der Waals surface area contributed by atoms with E-state index in [0.717, 1.165) is 0 Å². The summed E-state index contributed by atoms with van der Waals surface area (Å²) in [5, 5.41) is 22.3. The average Bonchev–Trinajstić information content (AvgIpc) is 2.36. The number of pyridine rings is 1. The lowest BCUT2D eigenvalue weighted by Gasteiger charge is -2.10. The third-order valence-corrected chi connectivity index (χ3v) is 2.79.